The molecule has 0 heterocycles. The van der Waals surface area contributed by atoms with Crippen molar-refractivity contribution >= 4 is 40.9 Å². The normalized spacial score (nSPS) is 11.1. The quantitative estimate of drug-likeness (QED) is 0.753. The zero-order valence-electron chi connectivity index (χ0n) is 13.5. The molecule has 0 radical (unpaired) electrons. The van der Waals surface area contributed by atoms with Crippen molar-refractivity contribution in [1.82, 2.24) is 0 Å². The maximum atomic E-state index is 12.3. The van der Waals surface area contributed by atoms with Crippen LogP contribution in [0.5, 0.6) is 11.5 Å². The van der Waals surface area contributed by atoms with Crippen molar-refractivity contribution in [2.45, 2.75) is 6.92 Å². The van der Waals surface area contributed by atoms with Crippen LogP contribution >= 0.6 is 23.2 Å². The van der Waals surface area contributed by atoms with Crippen LogP contribution in [0.15, 0.2) is 42.0 Å². The Morgan fingerprint density at radius 1 is 1.00 bits per heavy atom. The van der Waals surface area contributed by atoms with E-state index in [9.17, 15) is 4.79 Å². The predicted molar refractivity (Wildman–Crippen MR) is 98.3 cm³/mol. The van der Waals surface area contributed by atoms with E-state index in [-0.39, 0.29) is 5.91 Å². The van der Waals surface area contributed by atoms with Crippen LogP contribution in [0.25, 0.3) is 6.08 Å². The third-order valence-corrected chi connectivity index (χ3v) is 4.07. The molecule has 0 aliphatic carbocycles. The van der Waals surface area contributed by atoms with Crippen LogP contribution in [0, 0.1) is 0 Å². The summed E-state index contributed by atoms with van der Waals surface area (Å²) in [7, 11) is 3.14. The molecule has 0 atom stereocenters. The van der Waals surface area contributed by atoms with E-state index in [0.29, 0.717) is 32.8 Å². The van der Waals surface area contributed by atoms with Crippen LogP contribution in [0.2, 0.25) is 10.0 Å². The van der Waals surface area contributed by atoms with Gasteiger partial charge in [-0.2, -0.15) is 0 Å². The second kappa shape index (κ2) is 8.08. The highest BCUT2D eigenvalue weighted by atomic mass is 35.5. The molecule has 0 unspecified atom stereocenters. The van der Waals surface area contributed by atoms with E-state index in [4.69, 9.17) is 32.7 Å². The highest BCUT2D eigenvalue weighted by molar-refractivity contribution is 6.42. The summed E-state index contributed by atoms with van der Waals surface area (Å²) in [5.41, 5.74) is 1.94. The van der Waals surface area contributed by atoms with Gasteiger partial charge in [-0.05, 0) is 48.9 Å². The first-order valence-electron chi connectivity index (χ1n) is 7.11. The number of rotatable bonds is 5. The first-order valence-corrected chi connectivity index (χ1v) is 7.87. The summed E-state index contributed by atoms with van der Waals surface area (Å²) >= 11 is 11.8. The third-order valence-electron chi connectivity index (χ3n) is 3.33. The molecule has 0 saturated heterocycles. The molecule has 1 amide bonds. The summed E-state index contributed by atoms with van der Waals surface area (Å²) in [5.74, 6) is 1.000. The van der Waals surface area contributed by atoms with Crippen LogP contribution in [0.3, 0.4) is 0 Å². The molecule has 0 spiro atoms. The largest absolute Gasteiger partial charge is 0.493 e. The lowest BCUT2D eigenvalue weighted by atomic mass is 10.1. The zero-order valence-corrected chi connectivity index (χ0v) is 15.0. The summed E-state index contributed by atoms with van der Waals surface area (Å²) in [5, 5.41) is 3.60. The van der Waals surface area contributed by atoms with Gasteiger partial charge in [0.05, 0.1) is 24.3 Å². The van der Waals surface area contributed by atoms with Crippen molar-refractivity contribution in [1.29, 1.82) is 0 Å². The molecule has 24 heavy (non-hydrogen) atoms. The van der Waals surface area contributed by atoms with E-state index >= 15 is 0 Å². The Morgan fingerprint density at radius 3 is 2.33 bits per heavy atom. The molecule has 0 aromatic heterocycles. The SMILES string of the molecule is COc1ccc(/C=C(\C)C(=O)Nc2ccc(Cl)c(Cl)c2)cc1OC. The van der Waals surface area contributed by atoms with Crippen molar-refractivity contribution in [3.8, 4) is 11.5 Å². The highest BCUT2D eigenvalue weighted by Gasteiger charge is 2.08. The van der Waals surface area contributed by atoms with Gasteiger partial charge in [-0.1, -0.05) is 29.3 Å². The molecule has 0 fully saturated rings. The molecular weight excluding hydrogens is 349 g/mol. The monoisotopic (exact) mass is 365 g/mol. The number of anilines is 1. The first kappa shape index (κ1) is 18.2. The lowest BCUT2D eigenvalue weighted by Crippen LogP contribution is -2.12. The molecule has 0 aliphatic rings. The summed E-state index contributed by atoms with van der Waals surface area (Å²) in [6.45, 7) is 1.73. The van der Waals surface area contributed by atoms with Gasteiger partial charge >= 0.3 is 0 Å². The van der Waals surface area contributed by atoms with Gasteiger partial charge in [0.1, 0.15) is 0 Å². The fourth-order valence-electron chi connectivity index (χ4n) is 2.06. The van der Waals surface area contributed by atoms with Crippen LogP contribution in [-0.2, 0) is 4.79 Å². The van der Waals surface area contributed by atoms with Gasteiger partial charge in [-0.25, -0.2) is 0 Å². The molecule has 6 heteroatoms. The number of carbonyl (C=O) groups is 1. The maximum Gasteiger partial charge on any atom is 0.251 e. The number of hydrogen-bond donors (Lipinski definition) is 1. The number of benzene rings is 2. The van der Waals surface area contributed by atoms with Gasteiger partial charge in [0.15, 0.2) is 11.5 Å². The Bertz CT molecular complexity index is 788. The molecule has 0 saturated carbocycles. The van der Waals surface area contributed by atoms with Crippen molar-refractivity contribution in [3.05, 3.63) is 57.6 Å². The van der Waals surface area contributed by atoms with Gasteiger partial charge in [-0.3, -0.25) is 4.79 Å². The minimum Gasteiger partial charge on any atom is -0.493 e. The summed E-state index contributed by atoms with van der Waals surface area (Å²) in [6.07, 6.45) is 1.76. The van der Waals surface area contributed by atoms with Crippen LogP contribution in [0.1, 0.15) is 12.5 Å². The number of hydrogen-bond acceptors (Lipinski definition) is 3. The average Bonchev–Trinajstić information content (AvgIpc) is 2.57. The van der Waals surface area contributed by atoms with E-state index in [2.05, 4.69) is 5.32 Å². The topological polar surface area (TPSA) is 47.6 Å². The van der Waals surface area contributed by atoms with E-state index in [1.165, 1.54) is 0 Å². The molecule has 0 aliphatic heterocycles. The smallest absolute Gasteiger partial charge is 0.251 e. The first-order chi connectivity index (χ1) is 11.4. The molecule has 0 bridgehead atoms. The average molecular weight is 366 g/mol. The standard InChI is InChI=1S/C18H17Cl2NO3/c1-11(8-12-4-7-16(23-2)17(9-12)24-3)18(22)21-13-5-6-14(19)15(20)10-13/h4-10H,1-3H3,(H,21,22)/b11-8+. The highest BCUT2D eigenvalue weighted by Crippen LogP contribution is 2.29. The zero-order chi connectivity index (χ0) is 17.7. The maximum absolute atomic E-state index is 12.3. The van der Waals surface area contributed by atoms with Gasteiger partial charge in [0, 0.05) is 11.3 Å². The number of amides is 1. The molecule has 2 aromatic rings. The number of halogens is 2. The molecule has 2 rings (SSSR count). The van der Waals surface area contributed by atoms with Crippen LogP contribution < -0.4 is 14.8 Å². The van der Waals surface area contributed by atoms with Crippen LogP contribution in [-0.4, -0.2) is 20.1 Å². The van der Waals surface area contributed by atoms with Gasteiger partial charge in [0.25, 0.3) is 5.91 Å². The van der Waals surface area contributed by atoms with Crippen molar-refractivity contribution in [3.63, 3.8) is 0 Å². The predicted octanol–water partition coefficient (Wildman–Crippen LogP) is 5.05. The third kappa shape index (κ3) is 4.43. The fraction of sp³-hybridized carbons (Fsp3) is 0.167. The molecular formula is C18H17Cl2NO3. The Kier molecular flexibility index (Phi) is 6.12. The molecule has 4 nitrogen and oxygen atoms in total. The van der Waals surface area contributed by atoms with E-state index in [1.54, 1.807) is 57.6 Å². The Labute approximate surface area is 151 Å². The van der Waals surface area contributed by atoms with E-state index in [1.807, 2.05) is 6.07 Å². The molecule has 2 aromatic carbocycles. The summed E-state index contributed by atoms with van der Waals surface area (Å²) < 4.78 is 10.5. The lowest BCUT2D eigenvalue weighted by molar-refractivity contribution is -0.112. The van der Waals surface area contributed by atoms with Gasteiger partial charge < -0.3 is 14.8 Å². The number of carbonyl (C=O) groups excluding carboxylic acids is 1. The minimum atomic E-state index is -0.233. The second-order valence-electron chi connectivity index (χ2n) is 5.02. The summed E-state index contributed by atoms with van der Waals surface area (Å²) in [4.78, 5) is 12.3. The lowest BCUT2D eigenvalue weighted by Gasteiger charge is -2.09. The Balaban J connectivity index is 2.17. The van der Waals surface area contributed by atoms with Gasteiger partial charge in [0.2, 0.25) is 0 Å². The Hall–Kier alpha value is -2.17. The van der Waals surface area contributed by atoms with Crippen LogP contribution in [0.4, 0.5) is 5.69 Å². The molecule has 126 valence electrons. The van der Waals surface area contributed by atoms with E-state index < -0.39 is 0 Å². The van der Waals surface area contributed by atoms with Crippen molar-refractivity contribution in [2.24, 2.45) is 0 Å². The number of ether oxygens (including phenoxy) is 2. The Morgan fingerprint density at radius 2 is 1.71 bits per heavy atom. The second-order valence-corrected chi connectivity index (χ2v) is 5.84. The summed E-state index contributed by atoms with van der Waals surface area (Å²) in [6, 6.07) is 10.4. The van der Waals surface area contributed by atoms with E-state index in [0.717, 1.165) is 5.56 Å². The number of methoxy groups -OCH3 is 2. The number of nitrogens with one attached hydrogen (secondary N) is 1. The fourth-order valence-corrected chi connectivity index (χ4v) is 2.36. The molecule has 1 N–H and O–H groups in total. The minimum absolute atomic E-state index is 0.233. The van der Waals surface area contributed by atoms with Gasteiger partial charge in [-0.15, -0.1) is 0 Å². The van der Waals surface area contributed by atoms with Crippen molar-refractivity contribution < 1.29 is 14.3 Å². The van der Waals surface area contributed by atoms with Crippen molar-refractivity contribution in [2.75, 3.05) is 19.5 Å².